The molecule has 0 saturated carbocycles. The molecule has 1 aromatic rings. The van der Waals surface area contributed by atoms with Gasteiger partial charge in [-0.25, -0.2) is 0 Å². The van der Waals surface area contributed by atoms with Gasteiger partial charge in [0.2, 0.25) is 0 Å². The van der Waals surface area contributed by atoms with Crippen LogP contribution in [-0.4, -0.2) is 0 Å². The van der Waals surface area contributed by atoms with Crippen LogP contribution in [0.15, 0.2) is 36.4 Å². The number of hydrogen-bond acceptors (Lipinski definition) is 0. The van der Waals surface area contributed by atoms with Crippen LogP contribution in [0.3, 0.4) is 0 Å². The molecule has 0 amide bonds. The maximum atomic E-state index is 3.97. The standard InChI is InChI=1S/C17H26/c1-14(2)8-5-6-9-16-10-7-11-17(13-16)12-15(3)4/h7,10-11,13-14H,3,5-6,8-9,12H2,1-2,4H3. The average Bonchev–Trinajstić information content (AvgIpc) is 2.24. The maximum Gasteiger partial charge on any atom is -0.00725 e. The fourth-order valence-electron chi connectivity index (χ4n) is 2.13. The third-order valence-electron chi connectivity index (χ3n) is 2.99. The predicted octanol–water partition coefficient (Wildman–Crippen LogP) is 5.17. The highest BCUT2D eigenvalue weighted by Gasteiger charge is 1.98. The molecule has 0 spiro atoms. The Bertz CT molecular complexity index is 347. The highest BCUT2D eigenvalue weighted by Crippen LogP contribution is 2.13. The summed E-state index contributed by atoms with van der Waals surface area (Å²) in [6.45, 7) is 10.7. The molecular formula is C17H26. The third-order valence-corrected chi connectivity index (χ3v) is 2.99. The molecule has 0 unspecified atom stereocenters. The molecule has 0 atom stereocenters. The molecule has 17 heavy (non-hydrogen) atoms. The van der Waals surface area contributed by atoms with Gasteiger partial charge in [-0.15, -0.1) is 0 Å². The number of rotatable bonds is 7. The van der Waals surface area contributed by atoms with Gasteiger partial charge in [0.05, 0.1) is 0 Å². The zero-order valence-electron chi connectivity index (χ0n) is 11.6. The number of aryl methyl sites for hydroxylation is 1. The van der Waals surface area contributed by atoms with Gasteiger partial charge in [-0.1, -0.05) is 63.1 Å². The minimum Gasteiger partial charge on any atom is -0.0998 e. The summed E-state index contributed by atoms with van der Waals surface area (Å²) in [7, 11) is 0. The van der Waals surface area contributed by atoms with Crippen molar-refractivity contribution in [2.75, 3.05) is 0 Å². The lowest BCUT2D eigenvalue weighted by atomic mass is 9.99. The Kier molecular flexibility index (Phi) is 6.04. The molecular weight excluding hydrogens is 204 g/mol. The summed E-state index contributed by atoms with van der Waals surface area (Å²) < 4.78 is 0. The van der Waals surface area contributed by atoms with E-state index in [0.29, 0.717) is 0 Å². The molecule has 0 aliphatic rings. The first-order valence-corrected chi connectivity index (χ1v) is 6.80. The monoisotopic (exact) mass is 230 g/mol. The van der Waals surface area contributed by atoms with Crippen molar-refractivity contribution in [2.24, 2.45) is 5.92 Å². The van der Waals surface area contributed by atoms with Crippen molar-refractivity contribution < 1.29 is 0 Å². The van der Waals surface area contributed by atoms with Gasteiger partial charge in [-0.05, 0) is 43.2 Å². The summed E-state index contributed by atoms with van der Waals surface area (Å²) in [5, 5.41) is 0. The summed E-state index contributed by atoms with van der Waals surface area (Å²) in [4.78, 5) is 0. The van der Waals surface area contributed by atoms with Gasteiger partial charge in [0, 0.05) is 0 Å². The largest absolute Gasteiger partial charge is 0.0998 e. The van der Waals surface area contributed by atoms with Crippen LogP contribution in [-0.2, 0) is 12.8 Å². The van der Waals surface area contributed by atoms with E-state index in [1.54, 1.807) is 0 Å². The van der Waals surface area contributed by atoms with Crippen LogP contribution >= 0.6 is 0 Å². The Morgan fingerprint density at radius 1 is 1.18 bits per heavy atom. The highest BCUT2D eigenvalue weighted by atomic mass is 14.0. The lowest BCUT2D eigenvalue weighted by Crippen LogP contribution is -1.92. The molecule has 0 aliphatic carbocycles. The van der Waals surface area contributed by atoms with Crippen molar-refractivity contribution in [3.05, 3.63) is 47.5 Å². The van der Waals surface area contributed by atoms with Gasteiger partial charge < -0.3 is 0 Å². The SMILES string of the molecule is C=C(C)Cc1cccc(CCCCC(C)C)c1. The average molecular weight is 230 g/mol. The molecule has 0 aliphatic heterocycles. The Balaban J connectivity index is 2.40. The molecule has 0 radical (unpaired) electrons. The first-order chi connectivity index (χ1) is 8.08. The van der Waals surface area contributed by atoms with Gasteiger partial charge in [0.25, 0.3) is 0 Å². The molecule has 94 valence electrons. The molecule has 0 heteroatoms. The van der Waals surface area contributed by atoms with Gasteiger partial charge in [0.15, 0.2) is 0 Å². The molecule has 0 fully saturated rings. The Morgan fingerprint density at radius 3 is 2.53 bits per heavy atom. The minimum absolute atomic E-state index is 0.838. The zero-order valence-corrected chi connectivity index (χ0v) is 11.6. The van der Waals surface area contributed by atoms with E-state index in [-0.39, 0.29) is 0 Å². The van der Waals surface area contributed by atoms with Crippen molar-refractivity contribution in [1.29, 1.82) is 0 Å². The van der Waals surface area contributed by atoms with Gasteiger partial charge in [-0.3, -0.25) is 0 Å². The van der Waals surface area contributed by atoms with E-state index in [9.17, 15) is 0 Å². The van der Waals surface area contributed by atoms with Crippen molar-refractivity contribution >= 4 is 0 Å². The topological polar surface area (TPSA) is 0 Å². The van der Waals surface area contributed by atoms with E-state index < -0.39 is 0 Å². The van der Waals surface area contributed by atoms with E-state index in [2.05, 4.69) is 51.6 Å². The van der Waals surface area contributed by atoms with Crippen molar-refractivity contribution in [3.8, 4) is 0 Å². The summed E-state index contributed by atoms with van der Waals surface area (Å²) in [6.07, 6.45) is 6.25. The molecule has 0 N–H and O–H groups in total. The molecule has 0 aromatic heterocycles. The predicted molar refractivity (Wildman–Crippen MR) is 77.4 cm³/mol. The Morgan fingerprint density at radius 2 is 1.88 bits per heavy atom. The van der Waals surface area contributed by atoms with Gasteiger partial charge in [-0.2, -0.15) is 0 Å². The van der Waals surface area contributed by atoms with E-state index in [0.717, 1.165) is 12.3 Å². The van der Waals surface area contributed by atoms with Crippen LogP contribution in [0.5, 0.6) is 0 Å². The molecule has 0 saturated heterocycles. The second-order valence-electron chi connectivity index (χ2n) is 5.59. The lowest BCUT2D eigenvalue weighted by Gasteiger charge is -2.06. The quantitative estimate of drug-likeness (QED) is 0.447. The Hall–Kier alpha value is -1.04. The van der Waals surface area contributed by atoms with Crippen LogP contribution < -0.4 is 0 Å². The summed E-state index contributed by atoms with van der Waals surface area (Å²) in [5.41, 5.74) is 4.12. The Labute approximate surface area is 107 Å². The van der Waals surface area contributed by atoms with Crippen molar-refractivity contribution in [1.82, 2.24) is 0 Å². The van der Waals surface area contributed by atoms with Gasteiger partial charge in [0.1, 0.15) is 0 Å². The number of allylic oxidation sites excluding steroid dienone is 1. The second-order valence-corrected chi connectivity index (χ2v) is 5.59. The van der Waals surface area contributed by atoms with E-state index in [1.807, 2.05) is 0 Å². The maximum absolute atomic E-state index is 3.97. The van der Waals surface area contributed by atoms with E-state index in [4.69, 9.17) is 0 Å². The first kappa shape index (κ1) is 14.0. The highest BCUT2D eigenvalue weighted by molar-refractivity contribution is 5.26. The fraction of sp³-hybridized carbons (Fsp3) is 0.529. The van der Waals surface area contributed by atoms with Crippen LogP contribution in [0.4, 0.5) is 0 Å². The van der Waals surface area contributed by atoms with Gasteiger partial charge >= 0.3 is 0 Å². The minimum atomic E-state index is 0.838. The van der Waals surface area contributed by atoms with Crippen molar-refractivity contribution in [2.45, 2.75) is 52.9 Å². The van der Waals surface area contributed by atoms with Crippen molar-refractivity contribution in [3.63, 3.8) is 0 Å². The summed E-state index contributed by atoms with van der Waals surface area (Å²) >= 11 is 0. The lowest BCUT2D eigenvalue weighted by molar-refractivity contribution is 0.538. The molecule has 0 nitrogen and oxygen atoms in total. The fourth-order valence-corrected chi connectivity index (χ4v) is 2.13. The van der Waals surface area contributed by atoms with Crippen LogP contribution in [0.1, 0.15) is 51.2 Å². The summed E-state index contributed by atoms with van der Waals surface area (Å²) in [6, 6.07) is 8.96. The molecule has 1 aromatic carbocycles. The number of benzene rings is 1. The number of unbranched alkanes of at least 4 members (excludes halogenated alkanes) is 1. The van der Waals surface area contributed by atoms with Crippen LogP contribution in [0, 0.1) is 5.92 Å². The summed E-state index contributed by atoms with van der Waals surface area (Å²) in [5.74, 6) is 0.838. The molecule has 0 bridgehead atoms. The molecule has 1 rings (SSSR count). The normalized spacial score (nSPS) is 10.8. The smallest absolute Gasteiger partial charge is 0.00725 e. The third kappa shape index (κ3) is 6.31. The first-order valence-electron chi connectivity index (χ1n) is 6.80. The zero-order chi connectivity index (χ0) is 12.7. The van der Waals surface area contributed by atoms with Crippen LogP contribution in [0.2, 0.25) is 0 Å². The van der Waals surface area contributed by atoms with Crippen LogP contribution in [0.25, 0.3) is 0 Å². The second kappa shape index (κ2) is 7.32. The number of hydrogen-bond donors (Lipinski definition) is 0. The van der Waals surface area contributed by atoms with E-state index in [1.165, 1.54) is 42.4 Å². The van der Waals surface area contributed by atoms with E-state index >= 15 is 0 Å². The molecule has 0 heterocycles.